The molecule has 3 aromatic rings. The number of ether oxygens (including phenoxy) is 2. The highest BCUT2D eigenvalue weighted by Gasteiger charge is 2.68. The van der Waals surface area contributed by atoms with Gasteiger partial charge in [-0.3, -0.25) is 10.1 Å². The van der Waals surface area contributed by atoms with Crippen LogP contribution in [0.15, 0.2) is 47.8 Å². The van der Waals surface area contributed by atoms with Crippen molar-refractivity contribution in [2.75, 3.05) is 12.4 Å². The first-order valence-corrected chi connectivity index (χ1v) is 18.2. The molecule has 3 unspecified atom stereocenters. The Morgan fingerprint density at radius 1 is 1.14 bits per heavy atom. The van der Waals surface area contributed by atoms with E-state index in [1.54, 1.807) is 17.5 Å². The maximum Gasteiger partial charge on any atom is 0.482 e. The van der Waals surface area contributed by atoms with Crippen molar-refractivity contribution in [3.63, 3.8) is 0 Å². The third-order valence-electron chi connectivity index (χ3n) is 11.1. The normalized spacial score (nSPS) is 24.5. The number of aromatic nitrogens is 1. The van der Waals surface area contributed by atoms with E-state index in [-0.39, 0.29) is 58.0 Å². The number of carbonyl (C=O) groups is 3. The number of thiazole rings is 1. The van der Waals surface area contributed by atoms with E-state index in [4.69, 9.17) is 24.5 Å². The standard InChI is InChI=1S/C37H47BN4O8S/c1-35(2,3)24-14-13-22(32(44)45)30(47-7)23(24)17-28(38-49-27-16-21-15-26(36(21,4)5)37(27,6)50-38)41-31(43)29(39)25-19-51-33(40-25)42-34(46)48-18-20-11-9-8-10-12-20/h8-14,19,21,26-29H,15-18,39H2,1-7H3,(H,41,43)(H,44,45)(H,40,42,46)/t21-,26+,27?,28?,29?,37+/m1/s1. The summed E-state index contributed by atoms with van der Waals surface area (Å²) in [5.74, 6) is -1.40. The van der Waals surface area contributed by atoms with Crippen molar-refractivity contribution in [2.45, 2.75) is 96.5 Å². The SMILES string of the molecule is COc1c(C(=O)O)ccc(C(C)(C)C)c1CC(NC(=O)C(N)c1csc(NC(=O)OCc2ccccc2)n1)B1OC2C[C@H]3C[C@@H](C3(C)C)[C@]2(C)O1. The lowest BCUT2D eigenvalue weighted by atomic mass is 9.43. The fraction of sp³-hybridized carbons (Fsp3) is 0.514. The largest absolute Gasteiger partial charge is 0.496 e. The number of methoxy groups -OCH3 is 1. The van der Waals surface area contributed by atoms with Crippen molar-refractivity contribution in [3.8, 4) is 5.75 Å². The summed E-state index contributed by atoms with van der Waals surface area (Å²) in [6, 6.07) is 11.4. The molecule has 3 aliphatic carbocycles. The molecule has 0 radical (unpaired) electrons. The molecule has 1 aliphatic heterocycles. The van der Waals surface area contributed by atoms with E-state index in [9.17, 15) is 19.5 Å². The number of carboxylic acids is 1. The first kappa shape index (κ1) is 36.8. The fourth-order valence-corrected chi connectivity index (χ4v) is 8.91. The smallest absolute Gasteiger partial charge is 0.482 e. The highest BCUT2D eigenvalue weighted by molar-refractivity contribution is 7.13. The number of hydrogen-bond donors (Lipinski definition) is 4. The first-order valence-electron chi connectivity index (χ1n) is 17.3. The summed E-state index contributed by atoms with van der Waals surface area (Å²) >= 11 is 1.12. The Balaban J connectivity index is 1.25. The zero-order chi connectivity index (χ0) is 36.9. The lowest BCUT2D eigenvalue weighted by molar-refractivity contribution is -0.199. The molecule has 51 heavy (non-hydrogen) atoms. The molecular weight excluding hydrogens is 671 g/mol. The van der Waals surface area contributed by atoms with Gasteiger partial charge in [-0.1, -0.05) is 71.0 Å². The number of benzene rings is 2. The van der Waals surface area contributed by atoms with E-state index >= 15 is 0 Å². The molecule has 2 aromatic carbocycles. The van der Waals surface area contributed by atoms with Crippen LogP contribution in [0.5, 0.6) is 5.75 Å². The van der Waals surface area contributed by atoms with Crippen molar-refractivity contribution in [1.82, 2.24) is 10.3 Å². The Hall–Kier alpha value is -3.98. The summed E-state index contributed by atoms with van der Waals surface area (Å²) in [7, 11) is 0.601. The minimum absolute atomic E-state index is 0.0172. The van der Waals surface area contributed by atoms with Gasteiger partial charge in [-0.25, -0.2) is 14.6 Å². The van der Waals surface area contributed by atoms with Gasteiger partial charge in [0.2, 0.25) is 5.91 Å². The van der Waals surface area contributed by atoms with Gasteiger partial charge in [0.15, 0.2) is 5.13 Å². The summed E-state index contributed by atoms with van der Waals surface area (Å²) < 4.78 is 24.5. The summed E-state index contributed by atoms with van der Waals surface area (Å²) in [5, 5.41) is 17.6. The van der Waals surface area contributed by atoms with Crippen LogP contribution in [0, 0.1) is 17.3 Å². The molecular formula is C37H47BN4O8S. The molecule has 12 nitrogen and oxygen atoms in total. The van der Waals surface area contributed by atoms with Gasteiger partial charge < -0.3 is 34.9 Å². The maximum absolute atomic E-state index is 14.0. The molecule has 2 amide bonds. The third-order valence-corrected chi connectivity index (χ3v) is 11.9. The number of carboxylic acid groups (broad SMARTS) is 1. The van der Waals surface area contributed by atoms with Crippen LogP contribution in [0.25, 0.3) is 0 Å². The zero-order valence-corrected chi connectivity index (χ0v) is 31.0. The highest BCUT2D eigenvalue weighted by atomic mass is 32.1. The van der Waals surface area contributed by atoms with E-state index < -0.39 is 42.7 Å². The van der Waals surface area contributed by atoms with E-state index in [1.165, 1.54) is 7.11 Å². The summed E-state index contributed by atoms with van der Waals surface area (Å²) in [4.78, 5) is 43.1. The van der Waals surface area contributed by atoms with Gasteiger partial charge in [0.1, 0.15) is 24.0 Å². The topological polar surface area (TPSA) is 171 Å². The Morgan fingerprint density at radius 2 is 1.86 bits per heavy atom. The average Bonchev–Trinajstić information content (AvgIpc) is 3.69. The lowest BCUT2D eigenvalue weighted by Gasteiger charge is -2.64. The van der Waals surface area contributed by atoms with Crippen LogP contribution < -0.4 is 21.1 Å². The molecule has 1 aromatic heterocycles. The van der Waals surface area contributed by atoms with Gasteiger partial charge in [0, 0.05) is 10.9 Å². The second kappa shape index (κ2) is 13.9. The van der Waals surface area contributed by atoms with Crippen LogP contribution in [0.4, 0.5) is 9.93 Å². The number of amides is 2. The molecule has 2 heterocycles. The zero-order valence-electron chi connectivity index (χ0n) is 30.1. The van der Waals surface area contributed by atoms with Crippen LogP contribution in [-0.4, -0.2) is 59.9 Å². The summed E-state index contributed by atoms with van der Waals surface area (Å²) in [6.07, 6.45) is 1.22. The van der Waals surface area contributed by atoms with E-state index in [0.29, 0.717) is 11.5 Å². The molecule has 5 N–H and O–H groups in total. The average molecular weight is 719 g/mol. The van der Waals surface area contributed by atoms with Crippen molar-refractivity contribution in [1.29, 1.82) is 0 Å². The first-order chi connectivity index (χ1) is 24.0. The van der Waals surface area contributed by atoms with Crippen molar-refractivity contribution in [2.24, 2.45) is 23.0 Å². The number of aromatic carboxylic acids is 1. The predicted molar refractivity (Wildman–Crippen MR) is 194 cm³/mol. The number of rotatable bonds is 11. The maximum atomic E-state index is 14.0. The minimum atomic E-state index is -1.19. The lowest BCUT2D eigenvalue weighted by Crippen LogP contribution is -2.65. The van der Waals surface area contributed by atoms with Gasteiger partial charge >= 0.3 is 19.2 Å². The minimum Gasteiger partial charge on any atom is -0.496 e. The number of hydrogen-bond acceptors (Lipinski definition) is 10. The fourth-order valence-electron chi connectivity index (χ4n) is 8.18. The Bertz CT molecular complexity index is 1800. The molecule has 7 rings (SSSR count). The van der Waals surface area contributed by atoms with Crippen LogP contribution in [0.3, 0.4) is 0 Å². The molecule has 4 aliphatic rings. The molecule has 14 heteroatoms. The monoisotopic (exact) mass is 718 g/mol. The van der Waals surface area contributed by atoms with Gasteiger partial charge in [-0.2, -0.15) is 0 Å². The Kier molecular flexibility index (Phi) is 10.0. The molecule has 6 atom stereocenters. The third kappa shape index (κ3) is 7.11. The van der Waals surface area contributed by atoms with Gasteiger partial charge in [0.25, 0.3) is 0 Å². The van der Waals surface area contributed by atoms with Crippen LogP contribution in [-0.2, 0) is 37.3 Å². The molecule has 0 spiro atoms. The molecule has 2 bridgehead atoms. The van der Waals surface area contributed by atoms with Gasteiger partial charge in [-0.05, 0) is 66.0 Å². The van der Waals surface area contributed by atoms with Crippen LogP contribution >= 0.6 is 11.3 Å². The van der Waals surface area contributed by atoms with E-state index in [1.807, 2.05) is 51.1 Å². The number of nitrogens with zero attached hydrogens (tertiary/aromatic N) is 1. The number of nitrogens with one attached hydrogen (secondary N) is 2. The van der Waals surface area contributed by atoms with Gasteiger partial charge in [-0.15, -0.1) is 11.3 Å². The molecule has 1 saturated heterocycles. The second-order valence-electron chi connectivity index (χ2n) is 15.6. The molecule has 3 saturated carbocycles. The summed E-state index contributed by atoms with van der Waals surface area (Å²) in [6.45, 7) is 12.9. The van der Waals surface area contributed by atoms with Gasteiger partial charge in [0.05, 0.1) is 30.4 Å². The van der Waals surface area contributed by atoms with Crippen LogP contribution in [0.1, 0.15) is 93.2 Å². The molecule has 4 fully saturated rings. The van der Waals surface area contributed by atoms with Crippen molar-refractivity contribution < 1.29 is 38.3 Å². The second-order valence-corrected chi connectivity index (χ2v) is 16.5. The van der Waals surface area contributed by atoms with Crippen LogP contribution in [0.2, 0.25) is 0 Å². The summed E-state index contributed by atoms with van der Waals surface area (Å²) in [5.41, 5.74) is 8.26. The Morgan fingerprint density at radius 3 is 2.51 bits per heavy atom. The quantitative estimate of drug-likeness (QED) is 0.175. The highest BCUT2D eigenvalue weighted by Crippen LogP contribution is 2.65. The number of nitrogens with two attached hydrogens (primary N) is 1. The van der Waals surface area contributed by atoms with Crippen molar-refractivity contribution in [3.05, 3.63) is 75.8 Å². The van der Waals surface area contributed by atoms with Crippen molar-refractivity contribution >= 4 is 41.6 Å². The van der Waals surface area contributed by atoms with E-state index in [2.05, 4.69) is 36.4 Å². The molecule has 272 valence electrons. The predicted octanol–water partition coefficient (Wildman–Crippen LogP) is 5.89. The number of carbonyl (C=O) groups excluding carboxylic acids is 2. The van der Waals surface area contributed by atoms with E-state index in [0.717, 1.165) is 35.3 Å². The Labute approximate surface area is 302 Å². The number of anilines is 1.